The Bertz CT molecular complexity index is 765. The Labute approximate surface area is 227 Å². The van der Waals surface area contributed by atoms with Crippen LogP contribution >= 0.6 is 7.82 Å². The minimum Gasteiger partial charge on any atom is -0.404 e. The minimum absolute atomic E-state index is 0.0643. The van der Waals surface area contributed by atoms with E-state index in [4.69, 9.17) is 13.6 Å². The molecule has 0 amide bonds. The summed E-state index contributed by atoms with van der Waals surface area (Å²) in [5.74, 6) is 0.192. The lowest BCUT2D eigenvalue weighted by molar-refractivity contribution is -0.219. The third-order valence-corrected chi connectivity index (χ3v) is 8.47. The molecular weight excluding hydrogens is 511 g/mol. The quantitative estimate of drug-likeness (QED) is 0.111. The fourth-order valence-corrected chi connectivity index (χ4v) is 6.07. The van der Waals surface area contributed by atoms with Crippen molar-refractivity contribution in [3.63, 3.8) is 0 Å². The molecule has 38 heavy (non-hydrogen) atoms. The molecule has 3 unspecified atom stereocenters. The topological polar surface area (TPSA) is 146 Å². The highest BCUT2D eigenvalue weighted by Crippen LogP contribution is 2.52. The van der Waals surface area contributed by atoms with E-state index in [0.29, 0.717) is 6.42 Å². The van der Waals surface area contributed by atoms with Gasteiger partial charge in [-0.25, -0.2) is 4.57 Å². The maximum Gasteiger partial charge on any atom is 0.530 e. The van der Waals surface area contributed by atoms with E-state index < -0.39 is 44.4 Å². The highest BCUT2D eigenvalue weighted by molar-refractivity contribution is 7.49. The third-order valence-electron chi connectivity index (χ3n) is 7.03. The van der Waals surface area contributed by atoms with E-state index in [2.05, 4.69) is 6.92 Å². The van der Waals surface area contributed by atoms with E-state index in [1.54, 1.807) is 30.3 Å². The van der Waals surface area contributed by atoms with Gasteiger partial charge in [0.15, 0.2) is 0 Å². The molecule has 1 fully saturated rings. The molecule has 0 spiro atoms. The van der Waals surface area contributed by atoms with E-state index in [9.17, 15) is 30.1 Å². The SMILES string of the molecule is CCCCCCCCCCCCCCCCOP(=O)(Oc1ccccc1)OC1[C@H](O)[C@H](O)C(O)[C@H](O)[C@H]1O. The molecule has 0 aromatic heterocycles. The Morgan fingerprint density at radius 1 is 0.632 bits per heavy atom. The van der Waals surface area contributed by atoms with Crippen LogP contribution in [-0.4, -0.2) is 68.8 Å². The normalized spacial score (nSPS) is 27.2. The predicted molar refractivity (Wildman–Crippen MR) is 146 cm³/mol. The van der Waals surface area contributed by atoms with Crippen molar-refractivity contribution in [2.24, 2.45) is 0 Å². The average molecular weight is 561 g/mol. The predicted octanol–water partition coefficient (Wildman–Crippen LogP) is 4.87. The molecule has 1 aliphatic carbocycles. The first-order valence-electron chi connectivity index (χ1n) is 14.4. The molecule has 0 bridgehead atoms. The second-order valence-electron chi connectivity index (χ2n) is 10.3. The molecule has 10 heteroatoms. The van der Waals surface area contributed by atoms with Crippen LogP contribution in [0.15, 0.2) is 30.3 Å². The molecule has 1 aliphatic rings. The second-order valence-corrected chi connectivity index (χ2v) is 11.8. The second kappa shape index (κ2) is 18.3. The van der Waals surface area contributed by atoms with Crippen LogP contribution in [0, 0.1) is 0 Å². The van der Waals surface area contributed by atoms with Gasteiger partial charge in [-0.05, 0) is 18.6 Å². The minimum atomic E-state index is -4.37. The van der Waals surface area contributed by atoms with E-state index in [-0.39, 0.29) is 12.4 Å². The summed E-state index contributed by atoms with van der Waals surface area (Å²) < 4.78 is 29.8. The first-order chi connectivity index (χ1) is 18.3. The van der Waals surface area contributed by atoms with Gasteiger partial charge in [-0.1, -0.05) is 109 Å². The summed E-state index contributed by atoms with van der Waals surface area (Å²) in [5, 5.41) is 50.3. The van der Waals surface area contributed by atoms with Gasteiger partial charge in [-0.3, -0.25) is 9.05 Å². The van der Waals surface area contributed by atoms with Crippen LogP contribution in [0.4, 0.5) is 0 Å². The fourth-order valence-electron chi connectivity index (χ4n) is 4.63. The van der Waals surface area contributed by atoms with Crippen molar-refractivity contribution in [1.29, 1.82) is 0 Å². The lowest BCUT2D eigenvalue weighted by atomic mass is 9.85. The van der Waals surface area contributed by atoms with Crippen molar-refractivity contribution in [3.05, 3.63) is 30.3 Å². The zero-order valence-electron chi connectivity index (χ0n) is 22.8. The molecule has 5 N–H and O–H groups in total. The van der Waals surface area contributed by atoms with Gasteiger partial charge in [0.05, 0.1) is 6.61 Å². The van der Waals surface area contributed by atoms with Gasteiger partial charge in [0.1, 0.15) is 42.4 Å². The Morgan fingerprint density at radius 3 is 1.53 bits per heavy atom. The van der Waals surface area contributed by atoms with Gasteiger partial charge >= 0.3 is 7.82 Å². The number of hydrogen-bond donors (Lipinski definition) is 5. The van der Waals surface area contributed by atoms with E-state index in [1.165, 1.54) is 64.2 Å². The molecular formula is C28H49O9P. The standard InChI is InChI=1S/C28H49O9P/c1-2-3-4-5-6-7-8-9-10-11-12-13-14-18-21-35-38(34,36-22-19-16-15-17-20-22)37-28-26(32)24(30)23(29)25(31)27(28)33/h15-17,19-20,23-33H,2-14,18,21H2,1H3/t23?,24-,25+,26-,27-,28?,38?/m1/s1. The molecule has 0 heterocycles. The Kier molecular flexibility index (Phi) is 16.0. The number of phosphoric ester groups is 1. The van der Waals surface area contributed by atoms with Crippen LogP contribution in [0.5, 0.6) is 5.75 Å². The maximum absolute atomic E-state index is 13.5. The van der Waals surface area contributed by atoms with Gasteiger partial charge < -0.3 is 30.1 Å². The molecule has 0 aliphatic heterocycles. The molecule has 2 rings (SSSR count). The van der Waals surface area contributed by atoms with E-state index in [0.717, 1.165) is 19.3 Å². The summed E-state index contributed by atoms with van der Waals surface area (Å²) in [6, 6.07) is 8.18. The number of rotatable bonds is 20. The van der Waals surface area contributed by atoms with E-state index >= 15 is 0 Å². The van der Waals surface area contributed by atoms with Crippen LogP contribution in [0.2, 0.25) is 0 Å². The summed E-state index contributed by atoms with van der Waals surface area (Å²) in [7, 11) is -4.37. The van der Waals surface area contributed by atoms with Crippen molar-refractivity contribution in [2.45, 2.75) is 133 Å². The monoisotopic (exact) mass is 560 g/mol. The summed E-state index contributed by atoms with van der Waals surface area (Å²) in [6.45, 7) is 2.30. The number of phosphoric acid groups is 1. The van der Waals surface area contributed by atoms with Gasteiger partial charge in [0, 0.05) is 0 Å². The highest BCUT2D eigenvalue weighted by atomic mass is 31.2. The van der Waals surface area contributed by atoms with Crippen molar-refractivity contribution in [1.82, 2.24) is 0 Å². The maximum atomic E-state index is 13.5. The molecule has 0 saturated heterocycles. The number of aliphatic hydroxyl groups is 5. The van der Waals surface area contributed by atoms with Gasteiger partial charge in [0.25, 0.3) is 0 Å². The van der Waals surface area contributed by atoms with E-state index in [1.807, 2.05) is 0 Å². The number of benzene rings is 1. The lowest BCUT2D eigenvalue weighted by Crippen LogP contribution is -2.64. The average Bonchev–Trinajstić information content (AvgIpc) is 2.91. The number of aliphatic hydroxyl groups excluding tert-OH is 5. The summed E-state index contributed by atoms with van der Waals surface area (Å²) in [5.41, 5.74) is 0. The zero-order chi connectivity index (χ0) is 27.8. The Hall–Kier alpha value is -1.03. The smallest absolute Gasteiger partial charge is 0.404 e. The van der Waals surface area contributed by atoms with Crippen LogP contribution < -0.4 is 4.52 Å². The van der Waals surface area contributed by atoms with Crippen molar-refractivity contribution < 1.29 is 43.7 Å². The highest BCUT2D eigenvalue weighted by Gasteiger charge is 2.52. The molecule has 1 aromatic rings. The third kappa shape index (κ3) is 11.6. The Morgan fingerprint density at radius 2 is 1.05 bits per heavy atom. The van der Waals surface area contributed by atoms with Crippen LogP contribution in [0.1, 0.15) is 96.8 Å². The van der Waals surface area contributed by atoms with Crippen LogP contribution in [-0.2, 0) is 13.6 Å². The van der Waals surface area contributed by atoms with Gasteiger partial charge in [0.2, 0.25) is 0 Å². The first-order valence-corrected chi connectivity index (χ1v) is 15.8. The molecule has 9 nitrogen and oxygen atoms in total. The number of hydrogen-bond acceptors (Lipinski definition) is 9. The molecule has 1 aromatic carbocycles. The zero-order valence-corrected chi connectivity index (χ0v) is 23.7. The van der Waals surface area contributed by atoms with Crippen molar-refractivity contribution >= 4 is 7.82 Å². The lowest BCUT2D eigenvalue weighted by Gasteiger charge is -2.41. The fraction of sp³-hybridized carbons (Fsp3) is 0.786. The number of unbranched alkanes of at least 4 members (excludes halogenated alkanes) is 13. The van der Waals surface area contributed by atoms with Crippen molar-refractivity contribution in [2.75, 3.05) is 6.61 Å². The number of para-hydroxylation sites is 1. The van der Waals surface area contributed by atoms with Crippen molar-refractivity contribution in [3.8, 4) is 5.75 Å². The Balaban J connectivity index is 1.72. The molecule has 7 atom stereocenters. The first kappa shape index (κ1) is 33.2. The van der Waals surface area contributed by atoms with Crippen LogP contribution in [0.25, 0.3) is 0 Å². The van der Waals surface area contributed by atoms with Gasteiger partial charge in [-0.2, -0.15) is 0 Å². The van der Waals surface area contributed by atoms with Gasteiger partial charge in [-0.15, -0.1) is 0 Å². The molecule has 0 radical (unpaired) electrons. The summed E-state index contributed by atoms with van der Waals surface area (Å²) >= 11 is 0. The largest absolute Gasteiger partial charge is 0.530 e. The molecule has 1 saturated carbocycles. The molecule has 220 valence electrons. The summed E-state index contributed by atoms with van der Waals surface area (Å²) in [4.78, 5) is 0. The summed E-state index contributed by atoms with van der Waals surface area (Å²) in [6.07, 6.45) is 5.99. The van der Waals surface area contributed by atoms with Crippen LogP contribution in [0.3, 0.4) is 0 Å².